The summed E-state index contributed by atoms with van der Waals surface area (Å²) in [5, 5.41) is 16.4. The van der Waals surface area contributed by atoms with E-state index in [-0.39, 0.29) is 17.9 Å². The van der Waals surface area contributed by atoms with Gasteiger partial charge in [-0.2, -0.15) is 9.97 Å². The zero-order valence-electron chi connectivity index (χ0n) is 23.1. The van der Waals surface area contributed by atoms with E-state index in [0.717, 1.165) is 71.5 Å². The number of phenolic OH excluding ortho intramolecular Hbond substituents is 1. The number of phenols is 1. The van der Waals surface area contributed by atoms with E-state index in [1.165, 1.54) is 18.4 Å². The Hall–Kier alpha value is -2.66. The molecule has 3 aromatic rings. The second-order valence-corrected chi connectivity index (χ2v) is 12.6. The Morgan fingerprint density at radius 1 is 1.10 bits per heavy atom. The van der Waals surface area contributed by atoms with Crippen molar-refractivity contribution in [2.24, 2.45) is 0 Å². The van der Waals surface area contributed by atoms with Gasteiger partial charge in [0.25, 0.3) is 0 Å². The van der Waals surface area contributed by atoms with Crippen LogP contribution in [0.5, 0.6) is 11.8 Å². The molecule has 3 saturated heterocycles. The van der Waals surface area contributed by atoms with Crippen molar-refractivity contribution in [2.75, 3.05) is 56.7 Å². The Balaban J connectivity index is 1.22. The number of halogens is 1. The van der Waals surface area contributed by atoms with Crippen LogP contribution in [0.15, 0.2) is 34.8 Å². The Bertz CT molecular complexity index is 1410. The van der Waals surface area contributed by atoms with Crippen molar-refractivity contribution in [3.63, 3.8) is 0 Å². The second kappa shape index (κ2) is 10.6. The number of benzene rings is 2. The summed E-state index contributed by atoms with van der Waals surface area (Å²) >= 11 is 3.75. The van der Waals surface area contributed by atoms with Crippen LogP contribution in [0.4, 0.5) is 11.5 Å². The van der Waals surface area contributed by atoms with Crippen LogP contribution in [0.1, 0.15) is 30.5 Å². The number of nitrogens with zero attached hydrogens (tertiary/aromatic N) is 5. The van der Waals surface area contributed by atoms with E-state index in [9.17, 15) is 5.11 Å². The zero-order chi connectivity index (χ0) is 27.4. The Labute approximate surface area is 243 Å². The van der Waals surface area contributed by atoms with E-state index in [0.29, 0.717) is 31.2 Å². The van der Waals surface area contributed by atoms with Gasteiger partial charge >= 0.3 is 6.01 Å². The van der Waals surface area contributed by atoms with E-state index in [2.05, 4.69) is 49.1 Å². The maximum atomic E-state index is 10.6. The Morgan fingerprint density at radius 2 is 1.93 bits per heavy atom. The van der Waals surface area contributed by atoms with E-state index in [1.807, 2.05) is 24.3 Å². The smallest absolute Gasteiger partial charge is 0.318 e. The van der Waals surface area contributed by atoms with Crippen molar-refractivity contribution < 1.29 is 14.6 Å². The van der Waals surface area contributed by atoms with Gasteiger partial charge < -0.3 is 29.7 Å². The largest absolute Gasteiger partial charge is 0.508 e. The van der Waals surface area contributed by atoms with Gasteiger partial charge in [-0.1, -0.05) is 28.1 Å². The van der Waals surface area contributed by atoms with Gasteiger partial charge in [-0.25, -0.2) is 0 Å². The van der Waals surface area contributed by atoms with Gasteiger partial charge in [0, 0.05) is 78.6 Å². The molecule has 4 aliphatic rings. The molecule has 7 rings (SSSR count). The molecular weight excluding hydrogens is 572 g/mol. The van der Waals surface area contributed by atoms with E-state index in [1.54, 1.807) is 7.11 Å². The molecule has 0 amide bonds. The average Bonchev–Trinajstić information content (AvgIpc) is 3.50. The van der Waals surface area contributed by atoms with Gasteiger partial charge in [-0.3, -0.25) is 4.90 Å². The summed E-state index contributed by atoms with van der Waals surface area (Å²) in [5.74, 6) is 1.31. The molecule has 2 N–H and O–H groups in total. The van der Waals surface area contributed by atoms with Crippen LogP contribution in [0.2, 0.25) is 0 Å². The molecule has 0 spiro atoms. The van der Waals surface area contributed by atoms with Crippen LogP contribution in [0.25, 0.3) is 10.8 Å². The van der Waals surface area contributed by atoms with Gasteiger partial charge in [0.1, 0.15) is 18.2 Å². The lowest BCUT2D eigenvalue weighted by atomic mass is 10.0. The van der Waals surface area contributed by atoms with Gasteiger partial charge in [0.05, 0.1) is 18.3 Å². The third-order valence-corrected chi connectivity index (χ3v) is 9.82. The van der Waals surface area contributed by atoms with Crippen molar-refractivity contribution in [2.45, 2.75) is 56.5 Å². The van der Waals surface area contributed by atoms with Crippen LogP contribution in [0, 0.1) is 0 Å². The number of likely N-dealkylation sites (tertiary alicyclic amines) is 1. The number of methoxy groups -OCH3 is 1. The number of rotatable bonds is 6. The second-order valence-electron chi connectivity index (χ2n) is 11.8. The number of aromatic nitrogens is 2. The highest BCUT2D eigenvalue weighted by Gasteiger charge is 2.36. The first-order valence-corrected chi connectivity index (χ1v) is 15.2. The van der Waals surface area contributed by atoms with Crippen LogP contribution >= 0.6 is 15.9 Å². The number of anilines is 2. The van der Waals surface area contributed by atoms with E-state index >= 15 is 0 Å². The number of nitrogens with one attached hydrogen (secondary N) is 1. The van der Waals surface area contributed by atoms with Gasteiger partial charge in [0.2, 0.25) is 0 Å². The highest BCUT2D eigenvalue weighted by atomic mass is 79.9. The number of hydrogen-bond acceptors (Lipinski definition) is 9. The molecule has 9 nitrogen and oxygen atoms in total. The zero-order valence-corrected chi connectivity index (χ0v) is 24.7. The average molecular weight is 610 g/mol. The highest BCUT2D eigenvalue weighted by molar-refractivity contribution is 9.10. The molecule has 0 saturated carbocycles. The standard InChI is InChI=1S/C30H37BrN6O3/c1-35-15-23(39-2)11-21(35)17-40-30-33-26-16-36(27-12-22(38)10-18-4-3-5-25(31)28(18)27)9-8-24(26)29(34-30)37-13-19-6-7-20(14-37)32-19/h3-5,10,12,19-21,23,32,38H,6-9,11,13-17H2,1-2H3/t19?,20?,21-,23+/m0/s1. The van der Waals surface area contributed by atoms with E-state index in [4.69, 9.17) is 19.4 Å². The lowest BCUT2D eigenvalue weighted by Crippen LogP contribution is -2.52. The Morgan fingerprint density at radius 3 is 2.70 bits per heavy atom. The fourth-order valence-corrected chi connectivity index (χ4v) is 7.63. The van der Waals surface area contributed by atoms with Gasteiger partial charge in [-0.05, 0) is 50.2 Å². The predicted molar refractivity (Wildman–Crippen MR) is 160 cm³/mol. The highest BCUT2D eigenvalue weighted by Crippen LogP contribution is 2.40. The first kappa shape index (κ1) is 26.3. The summed E-state index contributed by atoms with van der Waals surface area (Å²) in [6.45, 7) is 4.84. The van der Waals surface area contributed by atoms with Crippen molar-refractivity contribution in [1.82, 2.24) is 20.2 Å². The van der Waals surface area contributed by atoms with Crippen molar-refractivity contribution in [3.05, 3.63) is 46.1 Å². The summed E-state index contributed by atoms with van der Waals surface area (Å²) in [6, 6.07) is 11.6. The molecule has 2 aromatic carbocycles. The molecule has 4 atom stereocenters. The monoisotopic (exact) mass is 608 g/mol. The molecule has 0 aliphatic carbocycles. The molecular formula is C30H37BrN6O3. The normalized spacial score (nSPS) is 26.5. The molecule has 40 heavy (non-hydrogen) atoms. The lowest BCUT2D eigenvalue weighted by molar-refractivity contribution is 0.111. The molecule has 212 valence electrons. The van der Waals surface area contributed by atoms with Gasteiger partial charge in [0.15, 0.2) is 0 Å². The first-order chi connectivity index (χ1) is 19.4. The van der Waals surface area contributed by atoms with Crippen molar-refractivity contribution in [1.29, 1.82) is 0 Å². The molecule has 1 aromatic heterocycles. The topological polar surface area (TPSA) is 86.2 Å². The molecule has 4 aliphatic heterocycles. The van der Waals surface area contributed by atoms with Crippen LogP contribution < -0.4 is 19.9 Å². The van der Waals surface area contributed by atoms with E-state index < -0.39 is 0 Å². The fourth-order valence-electron chi connectivity index (χ4n) is 7.05. The Kier molecular flexibility index (Phi) is 6.98. The molecule has 5 heterocycles. The van der Waals surface area contributed by atoms with Crippen LogP contribution in [-0.2, 0) is 17.7 Å². The number of piperazine rings is 1. The summed E-state index contributed by atoms with van der Waals surface area (Å²) < 4.78 is 13.0. The molecule has 2 bridgehead atoms. The lowest BCUT2D eigenvalue weighted by Gasteiger charge is -2.37. The minimum Gasteiger partial charge on any atom is -0.508 e. The molecule has 3 fully saturated rings. The van der Waals surface area contributed by atoms with Crippen molar-refractivity contribution >= 4 is 38.2 Å². The number of fused-ring (bicyclic) bond motifs is 4. The minimum absolute atomic E-state index is 0.236. The first-order valence-electron chi connectivity index (χ1n) is 14.4. The fraction of sp³-hybridized carbons (Fsp3) is 0.533. The third-order valence-electron chi connectivity index (χ3n) is 9.16. The molecule has 0 radical (unpaired) electrons. The summed E-state index contributed by atoms with van der Waals surface area (Å²) in [7, 11) is 3.90. The van der Waals surface area contributed by atoms with Gasteiger partial charge in [-0.15, -0.1) is 0 Å². The molecule has 10 heteroatoms. The summed E-state index contributed by atoms with van der Waals surface area (Å²) in [4.78, 5) is 17.2. The summed E-state index contributed by atoms with van der Waals surface area (Å²) in [5.41, 5.74) is 3.25. The number of aromatic hydroxyl groups is 1. The number of hydrogen-bond donors (Lipinski definition) is 2. The third kappa shape index (κ3) is 4.89. The quantitative estimate of drug-likeness (QED) is 0.435. The number of ether oxygens (including phenoxy) is 2. The molecule has 2 unspecified atom stereocenters. The SMILES string of the molecule is CO[C@@H]1C[C@@H](COc2nc3c(c(N4CC5CCC(C4)N5)n2)CCN(c2cc(O)cc4cccc(Br)c24)C3)N(C)C1. The maximum Gasteiger partial charge on any atom is 0.318 e. The predicted octanol–water partition coefficient (Wildman–Crippen LogP) is 3.70. The van der Waals surface area contributed by atoms with Crippen LogP contribution in [0.3, 0.4) is 0 Å². The maximum absolute atomic E-state index is 10.6. The minimum atomic E-state index is 0.236. The summed E-state index contributed by atoms with van der Waals surface area (Å²) in [6.07, 6.45) is 4.46. The van der Waals surface area contributed by atoms with Crippen molar-refractivity contribution in [3.8, 4) is 11.8 Å². The van der Waals surface area contributed by atoms with Crippen LogP contribution in [-0.4, -0.2) is 91.1 Å². The number of likely N-dealkylation sites (N-methyl/N-ethyl adjacent to an activating group) is 1.